The minimum absolute atomic E-state index is 0. The zero-order valence-corrected chi connectivity index (χ0v) is 17.3. The number of hydrogen-bond acceptors (Lipinski definition) is 5. The summed E-state index contributed by atoms with van der Waals surface area (Å²) in [5, 5.41) is 0.700. The standard InChI is InChI=1S/C20H20N4O2S.ClH/c1-14-11-15(2)18-17(12-14)27-20(22-18)24(19(25)16-5-3-10-26-16)8-4-7-23-9-6-21-13-23;/h3,5-6,9-13H,4,7-8H2,1-2H3;1H. The number of anilines is 1. The Balaban J connectivity index is 0.00000225. The van der Waals surface area contributed by atoms with Crippen LogP contribution in [0.4, 0.5) is 5.13 Å². The van der Waals surface area contributed by atoms with E-state index in [1.807, 2.05) is 10.8 Å². The lowest BCUT2D eigenvalue weighted by Gasteiger charge is -2.18. The number of fused-ring (bicyclic) bond motifs is 1. The normalized spacial score (nSPS) is 10.8. The highest BCUT2D eigenvalue weighted by Gasteiger charge is 2.23. The van der Waals surface area contributed by atoms with E-state index in [0.29, 0.717) is 17.4 Å². The van der Waals surface area contributed by atoms with E-state index < -0.39 is 0 Å². The molecule has 0 aliphatic rings. The summed E-state index contributed by atoms with van der Waals surface area (Å²) in [6, 6.07) is 7.64. The van der Waals surface area contributed by atoms with Gasteiger partial charge in [0.1, 0.15) is 0 Å². The number of hydrogen-bond donors (Lipinski definition) is 0. The van der Waals surface area contributed by atoms with E-state index >= 15 is 0 Å². The number of furan rings is 1. The van der Waals surface area contributed by atoms with E-state index in [2.05, 4.69) is 31.0 Å². The highest BCUT2D eigenvalue weighted by molar-refractivity contribution is 7.22. The predicted octanol–water partition coefficient (Wildman–Crippen LogP) is 4.86. The van der Waals surface area contributed by atoms with Gasteiger partial charge in [-0.1, -0.05) is 17.4 Å². The number of amides is 1. The second-order valence-electron chi connectivity index (χ2n) is 6.51. The number of nitrogens with zero attached hydrogens (tertiary/aromatic N) is 4. The van der Waals surface area contributed by atoms with Crippen LogP contribution in [0.3, 0.4) is 0 Å². The summed E-state index contributed by atoms with van der Waals surface area (Å²) in [6.07, 6.45) is 7.76. The first-order chi connectivity index (χ1) is 13.1. The lowest BCUT2D eigenvalue weighted by atomic mass is 10.1. The Morgan fingerprint density at radius 3 is 2.89 bits per heavy atom. The van der Waals surface area contributed by atoms with Crippen LogP contribution in [0, 0.1) is 13.8 Å². The third-order valence-corrected chi connectivity index (χ3v) is 5.41. The molecule has 0 aliphatic carbocycles. The first-order valence-electron chi connectivity index (χ1n) is 8.81. The van der Waals surface area contributed by atoms with Crippen LogP contribution in [0.2, 0.25) is 0 Å². The van der Waals surface area contributed by atoms with Crippen LogP contribution in [0.1, 0.15) is 28.1 Å². The van der Waals surface area contributed by atoms with Crippen LogP contribution in [-0.4, -0.2) is 27.0 Å². The highest BCUT2D eigenvalue weighted by Crippen LogP contribution is 2.32. The summed E-state index contributed by atoms with van der Waals surface area (Å²) < 4.78 is 8.43. The van der Waals surface area contributed by atoms with Gasteiger partial charge >= 0.3 is 0 Å². The molecule has 4 rings (SSSR count). The minimum Gasteiger partial charge on any atom is -0.459 e. The van der Waals surface area contributed by atoms with E-state index in [1.54, 1.807) is 40.9 Å². The Morgan fingerprint density at radius 2 is 2.18 bits per heavy atom. The van der Waals surface area contributed by atoms with Crippen LogP contribution in [0.25, 0.3) is 10.2 Å². The molecule has 0 atom stereocenters. The van der Waals surface area contributed by atoms with Gasteiger partial charge in [-0.3, -0.25) is 9.69 Å². The molecule has 28 heavy (non-hydrogen) atoms. The molecule has 4 aromatic rings. The maximum atomic E-state index is 13.0. The van der Waals surface area contributed by atoms with Crippen LogP contribution in [-0.2, 0) is 6.54 Å². The summed E-state index contributed by atoms with van der Waals surface area (Å²) in [5.74, 6) is 0.156. The number of imidazole rings is 1. The number of rotatable bonds is 6. The number of aromatic nitrogens is 3. The monoisotopic (exact) mass is 416 g/mol. The lowest BCUT2D eigenvalue weighted by molar-refractivity contribution is 0.0959. The molecule has 0 bridgehead atoms. The SMILES string of the molecule is Cc1cc(C)c2nc(N(CCCn3ccnc3)C(=O)c3ccco3)sc2c1.Cl. The van der Waals surface area contributed by atoms with Gasteiger partial charge in [0, 0.05) is 25.5 Å². The fourth-order valence-electron chi connectivity index (χ4n) is 3.12. The van der Waals surface area contributed by atoms with E-state index in [9.17, 15) is 4.79 Å². The average Bonchev–Trinajstić information content (AvgIpc) is 3.38. The van der Waals surface area contributed by atoms with Crippen molar-refractivity contribution in [3.63, 3.8) is 0 Å². The van der Waals surface area contributed by atoms with Crippen LogP contribution < -0.4 is 4.90 Å². The molecule has 3 aromatic heterocycles. The van der Waals surface area contributed by atoms with Crippen molar-refractivity contribution in [1.82, 2.24) is 14.5 Å². The Hall–Kier alpha value is -2.64. The van der Waals surface area contributed by atoms with Gasteiger partial charge in [0.05, 0.1) is 22.8 Å². The van der Waals surface area contributed by atoms with E-state index in [1.165, 1.54) is 11.8 Å². The molecule has 1 aromatic carbocycles. The number of halogens is 1. The number of thiazole rings is 1. The molecule has 8 heteroatoms. The first-order valence-corrected chi connectivity index (χ1v) is 9.62. The van der Waals surface area contributed by atoms with Gasteiger partial charge in [-0.05, 0) is 49.6 Å². The Labute approximate surface area is 173 Å². The Kier molecular flexibility index (Phi) is 6.16. The third kappa shape index (κ3) is 4.10. The molecular formula is C20H21ClN4O2S. The van der Waals surface area contributed by atoms with Crippen molar-refractivity contribution in [3.05, 3.63) is 66.1 Å². The second-order valence-corrected chi connectivity index (χ2v) is 7.52. The van der Waals surface area contributed by atoms with E-state index in [4.69, 9.17) is 9.40 Å². The van der Waals surface area contributed by atoms with Crippen molar-refractivity contribution in [2.45, 2.75) is 26.8 Å². The van der Waals surface area contributed by atoms with Crippen molar-refractivity contribution in [2.75, 3.05) is 11.4 Å². The molecule has 146 valence electrons. The van der Waals surface area contributed by atoms with Gasteiger partial charge in [0.15, 0.2) is 10.9 Å². The molecule has 0 aliphatic heterocycles. The molecule has 6 nitrogen and oxygen atoms in total. The summed E-state index contributed by atoms with van der Waals surface area (Å²) >= 11 is 1.54. The summed E-state index contributed by atoms with van der Waals surface area (Å²) in [7, 11) is 0. The molecular weight excluding hydrogens is 396 g/mol. The minimum atomic E-state index is -0.168. The second kappa shape index (κ2) is 8.58. The molecule has 0 radical (unpaired) electrons. The fraction of sp³-hybridized carbons (Fsp3) is 0.250. The molecule has 3 heterocycles. The van der Waals surface area contributed by atoms with Gasteiger partial charge in [-0.2, -0.15) is 0 Å². The van der Waals surface area contributed by atoms with Crippen molar-refractivity contribution < 1.29 is 9.21 Å². The molecule has 0 N–H and O–H groups in total. The zero-order chi connectivity index (χ0) is 18.8. The Bertz CT molecular complexity index is 1060. The average molecular weight is 417 g/mol. The van der Waals surface area contributed by atoms with Crippen molar-refractivity contribution in [3.8, 4) is 0 Å². The molecule has 0 spiro atoms. The maximum absolute atomic E-state index is 13.0. The topological polar surface area (TPSA) is 64.2 Å². The van der Waals surface area contributed by atoms with Gasteiger partial charge in [-0.25, -0.2) is 9.97 Å². The van der Waals surface area contributed by atoms with Crippen LogP contribution in [0.15, 0.2) is 53.7 Å². The van der Waals surface area contributed by atoms with Crippen LogP contribution >= 0.6 is 23.7 Å². The predicted molar refractivity (Wildman–Crippen MR) is 114 cm³/mol. The van der Waals surface area contributed by atoms with Gasteiger partial charge in [0.25, 0.3) is 5.91 Å². The summed E-state index contributed by atoms with van der Waals surface area (Å²) in [6.45, 7) is 5.46. The van der Waals surface area contributed by atoms with Crippen molar-refractivity contribution >= 4 is 45.0 Å². The summed E-state index contributed by atoms with van der Waals surface area (Å²) in [5.41, 5.74) is 3.27. The fourth-order valence-corrected chi connectivity index (χ4v) is 4.29. The van der Waals surface area contributed by atoms with Gasteiger partial charge < -0.3 is 8.98 Å². The van der Waals surface area contributed by atoms with Gasteiger partial charge in [-0.15, -0.1) is 12.4 Å². The summed E-state index contributed by atoms with van der Waals surface area (Å²) in [4.78, 5) is 23.5. The third-order valence-electron chi connectivity index (χ3n) is 4.38. The first kappa shape index (κ1) is 20.1. The Morgan fingerprint density at radius 1 is 1.32 bits per heavy atom. The largest absolute Gasteiger partial charge is 0.459 e. The number of aryl methyl sites for hydroxylation is 3. The van der Waals surface area contributed by atoms with Crippen molar-refractivity contribution in [2.24, 2.45) is 0 Å². The van der Waals surface area contributed by atoms with Crippen LogP contribution in [0.5, 0.6) is 0 Å². The molecule has 0 fully saturated rings. The van der Waals surface area contributed by atoms with E-state index in [-0.39, 0.29) is 18.3 Å². The molecule has 1 amide bonds. The molecule has 0 saturated heterocycles. The lowest BCUT2D eigenvalue weighted by Crippen LogP contribution is -2.32. The molecule has 0 saturated carbocycles. The van der Waals surface area contributed by atoms with E-state index in [0.717, 1.165) is 28.7 Å². The number of carbonyl (C=O) groups excluding carboxylic acids is 1. The smallest absolute Gasteiger partial charge is 0.295 e. The molecule has 0 unspecified atom stereocenters. The highest BCUT2D eigenvalue weighted by atomic mass is 35.5. The maximum Gasteiger partial charge on any atom is 0.295 e. The zero-order valence-electron chi connectivity index (χ0n) is 15.7. The number of benzene rings is 1. The van der Waals surface area contributed by atoms with Crippen molar-refractivity contribution in [1.29, 1.82) is 0 Å². The van der Waals surface area contributed by atoms with Gasteiger partial charge in [0.2, 0.25) is 0 Å². The number of carbonyl (C=O) groups is 1. The quantitative estimate of drug-likeness (QED) is 0.450.